The third-order valence-electron chi connectivity index (χ3n) is 6.78. The van der Waals surface area contributed by atoms with Gasteiger partial charge >= 0.3 is 0 Å². The zero-order valence-electron chi connectivity index (χ0n) is 21.3. The van der Waals surface area contributed by atoms with Crippen molar-refractivity contribution in [3.05, 3.63) is 46.7 Å². The fourth-order valence-electron chi connectivity index (χ4n) is 4.50. The summed E-state index contributed by atoms with van der Waals surface area (Å²) in [6.07, 6.45) is 10.2. The van der Waals surface area contributed by atoms with Crippen molar-refractivity contribution in [2.75, 3.05) is 6.54 Å². The Kier molecular flexibility index (Phi) is 7.50. The summed E-state index contributed by atoms with van der Waals surface area (Å²) < 4.78 is 0. The van der Waals surface area contributed by atoms with Crippen LogP contribution in [0.2, 0.25) is 0 Å². The van der Waals surface area contributed by atoms with Crippen LogP contribution in [0.3, 0.4) is 0 Å². The van der Waals surface area contributed by atoms with Crippen molar-refractivity contribution in [1.82, 2.24) is 10.6 Å². The maximum Gasteiger partial charge on any atom is 0.252 e. The lowest BCUT2D eigenvalue weighted by atomic mass is 9.78. The molecule has 1 aromatic carbocycles. The highest BCUT2D eigenvalue weighted by Gasteiger charge is 2.41. The lowest BCUT2D eigenvalue weighted by molar-refractivity contribution is -0.128. The molecule has 0 bridgehead atoms. The van der Waals surface area contributed by atoms with Crippen molar-refractivity contribution in [2.24, 2.45) is 4.99 Å². The van der Waals surface area contributed by atoms with Gasteiger partial charge in [-0.3, -0.25) is 14.6 Å². The average molecular weight is 452 g/mol. The number of hydrogen-bond donors (Lipinski definition) is 2. The molecule has 0 aromatic heterocycles. The first-order chi connectivity index (χ1) is 15.4. The Morgan fingerprint density at radius 2 is 1.52 bits per heavy atom. The molecule has 5 nitrogen and oxygen atoms in total. The summed E-state index contributed by atoms with van der Waals surface area (Å²) in [5.74, 6) is -0.265. The van der Waals surface area contributed by atoms with Crippen LogP contribution in [0.15, 0.2) is 35.0 Å². The topological polar surface area (TPSA) is 70.6 Å². The number of amides is 2. The minimum Gasteiger partial charge on any atom is -0.348 e. The molecule has 1 aromatic rings. The number of benzene rings is 1. The summed E-state index contributed by atoms with van der Waals surface area (Å²) in [7, 11) is 0. The Morgan fingerprint density at radius 3 is 2.03 bits per heavy atom. The molecule has 2 aliphatic rings. The minimum atomic E-state index is -0.867. The van der Waals surface area contributed by atoms with Gasteiger partial charge in [0.2, 0.25) is 5.91 Å². The van der Waals surface area contributed by atoms with Crippen molar-refractivity contribution >= 4 is 18.0 Å². The van der Waals surface area contributed by atoms with Gasteiger partial charge in [0.15, 0.2) is 0 Å². The van der Waals surface area contributed by atoms with E-state index in [-0.39, 0.29) is 22.6 Å². The van der Waals surface area contributed by atoms with Gasteiger partial charge in [-0.05, 0) is 59.8 Å². The Balaban J connectivity index is 1.86. The quantitative estimate of drug-likeness (QED) is 0.613. The first-order valence-corrected chi connectivity index (χ1v) is 12.4. The third kappa shape index (κ3) is 6.33. The van der Waals surface area contributed by atoms with E-state index in [2.05, 4.69) is 69.3 Å². The molecule has 1 aliphatic heterocycles. The molecule has 2 N–H and O–H groups in total. The van der Waals surface area contributed by atoms with Crippen molar-refractivity contribution < 1.29 is 9.59 Å². The molecule has 0 radical (unpaired) electrons. The van der Waals surface area contributed by atoms with Crippen LogP contribution in [0.25, 0.3) is 0 Å². The molecule has 180 valence electrons. The number of hydrogen-bond acceptors (Lipinski definition) is 3. The summed E-state index contributed by atoms with van der Waals surface area (Å²) >= 11 is 0. The van der Waals surface area contributed by atoms with Crippen molar-refractivity contribution in [3.63, 3.8) is 0 Å². The molecular weight excluding hydrogens is 410 g/mol. The molecule has 2 amide bonds. The minimum absolute atomic E-state index is 0.0789. The second-order valence-electron chi connectivity index (χ2n) is 11.7. The number of allylic oxidation sites excluding steroid dienone is 1. The maximum atomic E-state index is 13.6. The molecule has 0 spiro atoms. The molecule has 1 saturated carbocycles. The van der Waals surface area contributed by atoms with Crippen molar-refractivity contribution in [1.29, 1.82) is 0 Å². The molecule has 1 heterocycles. The standard InChI is InChI=1S/C28H41N3O2/c1-26(2,3)21-16-20(17-22(18-21)27(4,5)6)24(32)31-28(13-9-7-10-14-28)25(33)30-19-23-12-8-11-15-29-23/h12,15-18H,7-11,13-14,19H2,1-6H3,(H,30,33)(H,31,32). The van der Waals surface area contributed by atoms with Gasteiger partial charge in [-0.1, -0.05) is 72.9 Å². The fourth-order valence-corrected chi connectivity index (χ4v) is 4.50. The van der Waals surface area contributed by atoms with Crippen LogP contribution in [0.5, 0.6) is 0 Å². The fraction of sp³-hybridized carbons (Fsp3) is 0.607. The van der Waals surface area contributed by atoms with Crippen molar-refractivity contribution in [2.45, 2.75) is 103 Å². The van der Waals surface area contributed by atoms with Gasteiger partial charge < -0.3 is 10.6 Å². The van der Waals surface area contributed by atoms with Crippen LogP contribution in [-0.4, -0.2) is 30.1 Å². The molecule has 1 aliphatic carbocycles. The molecule has 0 saturated heterocycles. The van der Waals surface area contributed by atoms with Gasteiger partial charge in [-0.25, -0.2) is 0 Å². The number of carbonyl (C=O) groups is 2. The van der Waals surface area contributed by atoms with Gasteiger partial charge in [0, 0.05) is 11.8 Å². The van der Waals surface area contributed by atoms with E-state index < -0.39 is 5.54 Å². The summed E-state index contributed by atoms with van der Waals surface area (Å²) in [4.78, 5) is 31.3. The average Bonchev–Trinajstić information content (AvgIpc) is 2.77. The number of rotatable bonds is 5. The Morgan fingerprint density at radius 1 is 0.909 bits per heavy atom. The summed E-state index contributed by atoms with van der Waals surface area (Å²) in [6.45, 7) is 13.4. The highest BCUT2D eigenvalue weighted by molar-refractivity contribution is 5.99. The molecule has 5 heteroatoms. The molecule has 33 heavy (non-hydrogen) atoms. The zero-order chi connectivity index (χ0) is 24.3. The Labute approximate surface area is 199 Å². The number of nitrogens with one attached hydrogen (secondary N) is 2. The van der Waals surface area contributed by atoms with E-state index in [0.29, 0.717) is 24.9 Å². The van der Waals surface area contributed by atoms with Crippen LogP contribution in [-0.2, 0) is 15.6 Å². The largest absolute Gasteiger partial charge is 0.348 e. The highest BCUT2D eigenvalue weighted by atomic mass is 16.2. The molecule has 1 fully saturated rings. The first-order valence-electron chi connectivity index (χ1n) is 12.4. The summed E-state index contributed by atoms with van der Waals surface area (Å²) in [6, 6.07) is 6.18. The number of aliphatic imine (C=N–C) groups is 1. The predicted octanol–water partition coefficient (Wildman–Crippen LogP) is 5.58. The van der Waals surface area contributed by atoms with E-state index in [9.17, 15) is 9.59 Å². The number of nitrogens with zero attached hydrogens (tertiary/aromatic N) is 1. The SMILES string of the molecule is CC(C)(C)c1cc(C(=O)NC2(C(=O)NCC3=CCCC=N3)CCCCC2)cc(C(C)(C)C)c1. The van der Waals surface area contributed by atoms with E-state index in [1.54, 1.807) is 0 Å². The summed E-state index contributed by atoms with van der Waals surface area (Å²) in [5, 5.41) is 6.24. The number of carbonyl (C=O) groups excluding carboxylic acids is 2. The normalized spacial score (nSPS) is 18.4. The second-order valence-corrected chi connectivity index (χ2v) is 11.7. The molecule has 0 unspecified atom stereocenters. The van der Waals surface area contributed by atoms with Gasteiger partial charge in [0.05, 0.1) is 12.2 Å². The van der Waals surface area contributed by atoms with E-state index in [4.69, 9.17) is 0 Å². The van der Waals surface area contributed by atoms with E-state index in [0.717, 1.165) is 48.9 Å². The summed E-state index contributed by atoms with van der Waals surface area (Å²) in [5.41, 5.74) is 2.75. The molecular formula is C28H41N3O2. The van der Waals surface area contributed by atoms with Crippen LogP contribution < -0.4 is 10.6 Å². The monoisotopic (exact) mass is 451 g/mol. The third-order valence-corrected chi connectivity index (χ3v) is 6.78. The van der Waals surface area contributed by atoms with E-state index in [1.165, 1.54) is 0 Å². The first kappa shape index (κ1) is 25.2. The van der Waals surface area contributed by atoms with Crippen LogP contribution in [0.1, 0.15) is 108 Å². The van der Waals surface area contributed by atoms with Gasteiger partial charge in [-0.15, -0.1) is 0 Å². The van der Waals surface area contributed by atoms with Crippen molar-refractivity contribution in [3.8, 4) is 0 Å². The van der Waals surface area contributed by atoms with Gasteiger partial charge in [0.25, 0.3) is 5.91 Å². The second kappa shape index (κ2) is 9.82. The molecule has 3 rings (SSSR count). The smallest absolute Gasteiger partial charge is 0.252 e. The van der Waals surface area contributed by atoms with Gasteiger partial charge in [0.1, 0.15) is 5.54 Å². The Bertz CT molecular complexity index is 907. The van der Waals surface area contributed by atoms with E-state index in [1.807, 2.05) is 18.3 Å². The highest BCUT2D eigenvalue weighted by Crippen LogP contribution is 2.32. The molecule has 0 atom stereocenters. The lowest BCUT2D eigenvalue weighted by Gasteiger charge is -2.37. The van der Waals surface area contributed by atoms with Gasteiger partial charge in [-0.2, -0.15) is 0 Å². The Hall–Kier alpha value is -2.43. The van der Waals surface area contributed by atoms with Crippen LogP contribution in [0.4, 0.5) is 0 Å². The predicted molar refractivity (Wildman–Crippen MR) is 136 cm³/mol. The van der Waals surface area contributed by atoms with Crippen LogP contribution in [0, 0.1) is 0 Å². The van der Waals surface area contributed by atoms with Crippen LogP contribution >= 0.6 is 0 Å². The zero-order valence-corrected chi connectivity index (χ0v) is 21.3. The maximum absolute atomic E-state index is 13.6. The van der Waals surface area contributed by atoms with E-state index >= 15 is 0 Å². The lowest BCUT2D eigenvalue weighted by Crippen LogP contribution is -2.60.